The van der Waals surface area contributed by atoms with Crippen molar-refractivity contribution in [3.05, 3.63) is 35.4 Å². The predicted molar refractivity (Wildman–Crippen MR) is 64.3 cm³/mol. The van der Waals surface area contributed by atoms with Crippen LogP contribution in [0.4, 0.5) is 0 Å². The minimum atomic E-state index is -0.159. The van der Waals surface area contributed by atoms with Gasteiger partial charge in [-0.25, -0.2) is 0 Å². The van der Waals surface area contributed by atoms with Crippen molar-refractivity contribution in [2.24, 2.45) is 0 Å². The molecule has 0 atom stereocenters. The number of alkyl halides is 1. The van der Waals surface area contributed by atoms with Crippen molar-refractivity contribution < 1.29 is 9.53 Å². The lowest BCUT2D eigenvalue weighted by molar-refractivity contribution is -0.142. The number of carbonyl (C=O) groups excluding carboxylic acids is 1. The van der Waals surface area contributed by atoms with Gasteiger partial charge in [0.1, 0.15) is 0 Å². The van der Waals surface area contributed by atoms with Crippen molar-refractivity contribution >= 4 is 21.9 Å². The fraction of sp³-hybridized carbons (Fsp3) is 0.417. The van der Waals surface area contributed by atoms with Crippen LogP contribution in [0.3, 0.4) is 0 Å². The van der Waals surface area contributed by atoms with Gasteiger partial charge in [-0.15, -0.1) is 0 Å². The van der Waals surface area contributed by atoms with Crippen LogP contribution in [0, 0.1) is 0 Å². The van der Waals surface area contributed by atoms with Crippen LogP contribution >= 0.6 is 15.9 Å². The Balaban J connectivity index is 2.60. The SMILES string of the molecule is CCOC(=O)Cc1cccc(CCBr)c1. The summed E-state index contributed by atoms with van der Waals surface area (Å²) in [4.78, 5) is 11.3. The van der Waals surface area contributed by atoms with Crippen LogP contribution in [0.1, 0.15) is 18.1 Å². The summed E-state index contributed by atoms with van der Waals surface area (Å²) >= 11 is 3.39. The average molecular weight is 271 g/mol. The molecule has 0 aromatic heterocycles. The van der Waals surface area contributed by atoms with E-state index in [1.54, 1.807) is 0 Å². The van der Waals surface area contributed by atoms with Gasteiger partial charge in [-0.1, -0.05) is 40.2 Å². The number of carbonyl (C=O) groups is 1. The molecule has 15 heavy (non-hydrogen) atoms. The van der Waals surface area contributed by atoms with E-state index in [9.17, 15) is 4.79 Å². The minimum absolute atomic E-state index is 0.159. The molecule has 0 aliphatic carbocycles. The lowest BCUT2D eigenvalue weighted by atomic mass is 10.1. The Morgan fingerprint density at radius 1 is 1.40 bits per heavy atom. The first kappa shape index (κ1) is 12.2. The Kier molecular flexibility index (Phi) is 5.40. The Labute approximate surface area is 98.8 Å². The van der Waals surface area contributed by atoms with E-state index in [1.165, 1.54) is 5.56 Å². The number of aryl methyl sites for hydroxylation is 1. The lowest BCUT2D eigenvalue weighted by Crippen LogP contribution is -2.07. The van der Waals surface area contributed by atoms with E-state index >= 15 is 0 Å². The molecule has 0 N–H and O–H groups in total. The molecule has 3 heteroatoms. The number of halogens is 1. The normalized spacial score (nSPS) is 10.0. The van der Waals surface area contributed by atoms with E-state index in [4.69, 9.17) is 4.74 Å². The second kappa shape index (κ2) is 6.62. The molecule has 0 saturated heterocycles. The summed E-state index contributed by atoms with van der Waals surface area (Å²) in [5.74, 6) is -0.159. The molecular weight excluding hydrogens is 256 g/mol. The summed E-state index contributed by atoms with van der Waals surface area (Å²) in [6.45, 7) is 2.26. The molecule has 0 heterocycles. The van der Waals surface area contributed by atoms with Crippen molar-refractivity contribution in [1.29, 1.82) is 0 Å². The minimum Gasteiger partial charge on any atom is -0.466 e. The molecule has 1 rings (SSSR count). The number of hydrogen-bond donors (Lipinski definition) is 0. The van der Waals surface area contributed by atoms with Gasteiger partial charge >= 0.3 is 5.97 Å². The standard InChI is InChI=1S/C12H15BrO2/c1-2-15-12(14)9-11-5-3-4-10(8-11)6-7-13/h3-5,8H,2,6-7,9H2,1H3. The molecule has 0 fully saturated rings. The van der Waals surface area contributed by atoms with Gasteiger partial charge in [0, 0.05) is 5.33 Å². The van der Waals surface area contributed by atoms with Gasteiger partial charge in [0.15, 0.2) is 0 Å². The average Bonchev–Trinajstić information content (AvgIpc) is 2.19. The maximum absolute atomic E-state index is 11.3. The smallest absolute Gasteiger partial charge is 0.310 e. The van der Waals surface area contributed by atoms with E-state index in [-0.39, 0.29) is 5.97 Å². The summed E-state index contributed by atoms with van der Waals surface area (Å²) in [5.41, 5.74) is 2.26. The first-order chi connectivity index (χ1) is 7.26. The van der Waals surface area contributed by atoms with Crippen LogP contribution in [-0.2, 0) is 22.4 Å². The van der Waals surface area contributed by atoms with E-state index in [2.05, 4.69) is 28.1 Å². The van der Waals surface area contributed by atoms with Gasteiger partial charge in [0.25, 0.3) is 0 Å². The molecule has 0 radical (unpaired) electrons. The third kappa shape index (κ3) is 4.47. The molecule has 2 nitrogen and oxygen atoms in total. The number of esters is 1. The first-order valence-corrected chi connectivity index (χ1v) is 6.17. The summed E-state index contributed by atoms with van der Waals surface area (Å²) in [7, 11) is 0. The molecule has 1 aromatic rings. The third-order valence-electron chi connectivity index (χ3n) is 2.03. The van der Waals surface area contributed by atoms with E-state index in [1.807, 2.05) is 19.1 Å². The van der Waals surface area contributed by atoms with Crippen LogP contribution < -0.4 is 0 Å². The second-order valence-electron chi connectivity index (χ2n) is 3.24. The zero-order valence-corrected chi connectivity index (χ0v) is 10.4. The highest BCUT2D eigenvalue weighted by molar-refractivity contribution is 9.09. The van der Waals surface area contributed by atoms with Gasteiger partial charge in [0.05, 0.1) is 13.0 Å². The van der Waals surface area contributed by atoms with Crippen LogP contribution in [0.15, 0.2) is 24.3 Å². The van der Waals surface area contributed by atoms with Crippen molar-refractivity contribution in [1.82, 2.24) is 0 Å². The summed E-state index contributed by atoms with van der Waals surface area (Å²) in [5, 5.41) is 0.940. The second-order valence-corrected chi connectivity index (χ2v) is 4.03. The Morgan fingerprint density at radius 2 is 2.13 bits per heavy atom. The zero-order chi connectivity index (χ0) is 11.1. The van der Waals surface area contributed by atoms with Gasteiger partial charge < -0.3 is 4.74 Å². The first-order valence-electron chi connectivity index (χ1n) is 5.05. The van der Waals surface area contributed by atoms with E-state index in [0.29, 0.717) is 13.0 Å². The van der Waals surface area contributed by atoms with Gasteiger partial charge in [-0.05, 0) is 24.5 Å². The highest BCUT2D eigenvalue weighted by Crippen LogP contribution is 2.08. The fourth-order valence-electron chi connectivity index (χ4n) is 1.38. The highest BCUT2D eigenvalue weighted by Gasteiger charge is 2.03. The summed E-state index contributed by atoms with van der Waals surface area (Å²) < 4.78 is 4.90. The molecule has 0 aliphatic heterocycles. The largest absolute Gasteiger partial charge is 0.466 e. The molecule has 0 amide bonds. The molecule has 1 aromatic carbocycles. The quantitative estimate of drug-likeness (QED) is 0.608. The predicted octanol–water partition coefficient (Wildman–Crippen LogP) is 2.73. The zero-order valence-electron chi connectivity index (χ0n) is 8.83. The molecule has 82 valence electrons. The topological polar surface area (TPSA) is 26.3 Å². The van der Waals surface area contributed by atoms with Crippen LogP contribution in [0.25, 0.3) is 0 Å². The third-order valence-corrected chi connectivity index (χ3v) is 2.42. The molecule has 0 saturated carbocycles. The van der Waals surface area contributed by atoms with E-state index in [0.717, 1.165) is 17.3 Å². The van der Waals surface area contributed by atoms with Crippen molar-refractivity contribution in [3.8, 4) is 0 Å². The number of hydrogen-bond acceptors (Lipinski definition) is 2. The van der Waals surface area contributed by atoms with Crippen molar-refractivity contribution in [2.45, 2.75) is 19.8 Å². The van der Waals surface area contributed by atoms with Crippen molar-refractivity contribution in [3.63, 3.8) is 0 Å². The number of ether oxygens (including phenoxy) is 1. The molecule has 0 bridgehead atoms. The number of rotatable bonds is 5. The number of benzene rings is 1. The van der Waals surface area contributed by atoms with Crippen molar-refractivity contribution in [2.75, 3.05) is 11.9 Å². The Morgan fingerprint density at radius 3 is 2.80 bits per heavy atom. The van der Waals surface area contributed by atoms with E-state index < -0.39 is 0 Å². The molecule has 0 aliphatic rings. The monoisotopic (exact) mass is 270 g/mol. The molecular formula is C12H15BrO2. The molecule has 0 spiro atoms. The molecule has 0 unspecified atom stereocenters. The van der Waals surface area contributed by atoms with Crippen LogP contribution in [-0.4, -0.2) is 17.9 Å². The van der Waals surface area contributed by atoms with Crippen LogP contribution in [0.5, 0.6) is 0 Å². The van der Waals surface area contributed by atoms with Gasteiger partial charge in [-0.3, -0.25) is 4.79 Å². The highest BCUT2D eigenvalue weighted by atomic mass is 79.9. The fourth-order valence-corrected chi connectivity index (χ4v) is 1.84. The maximum atomic E-state index is 11.3. The maximum Gasteiger partial charge on any atom is 0.310 e. The lowest BCUT2D eigenvalue weighted by Gasteiger charge is -2.04. The summed E-state index contributed by atoms with van der Waals surface area (Å²) in [6.07, 6.45) is 1.35. The van der Waals surface area contributed by atoms with Gasteiger partial charge in [0.2, 0.25) is 0 Å². The van der Waals surface area contributed by atoms with Gasteiger partial charge in [-0.2, -0.15) is 0 Å². The Bertz CT molecular complexity index is 323. The van der Waals surface area contributed by atoms with Crippen LogP contribution in [0.2, 0.25) is 0 Å². The summed E-state index contributed by atoms with van der Waals surface area (Å²) in [6, 6.07) is 8.05. The Hall–Kier alpha value is -0.830.